The van der Waals surface area contributed by atoms with Gasteiger partial charge in [0, 0.05) is 12.0 Å². The van der Waals surface area contributed by atoms with E-state index in [2.05, 4.69) is 5.32 Å². The van der Waals surface area contributed by atoms with Gasteiger partial charge >= 0.3 is 0 Å². The summed E-state index contributed by atoms with van der Waals surface area (Å²) in [5, 5.41) is 3.63. The summed E-state index contributed by atoms with van der Waals surface area (Å²) in [5.41, 5.74) is 5.17. The van der Waals surface area contributed by atoms with Crippen LogP contribution >= 0.6 is 0 Å². The molecule has 0 aromatic carbocycles. The predicted molar refractivity (Wildman–Crippen MR) is 54.7 cm³/mol. The van der Waals surface area contributed by atoms with Crippen LogP contribution < -0.4 is 11.1 Å². The summed E-state index contributed by atoms with van der Waals surface area (Å²) in [6.45, 7) is 0.568. The average molecular weight is 234 g/mol. The van der Waals surface area contributed by atoms with Crippen LogP contribution in [0.5, 0.6) is 0 Å². The van der Waals surface area contributed by atoms with Crippen LogP contribution in [0, 0.1) is 0 Å². The number of ether oxygens (including phenoxy) is 1. The zero-order chi connectivity index (χ0) is 11.3. The number of hydrogen-bond donors (Lipinski definition) is 2. The summed E-state index contributed by atoms with van der Waals surface area (Å²) in [5.74, 6) is -0.412. The molecule has 1 unspecified atom stereocenters. The van der Waals surface area contributed by atoms with Gasteiger partial charge in [0.2, 0.25) is 5.91 Å². The molecular formula is C8H14N2O4S. The summed E-state index contributed by atoms with van der Waals surface area (Å²) in [6, 6.07) is -0.441. The molecule has 1 heterocycles. The highest BCUT2D eigenvalue weighted by atomic mass is 32.2. The van der Waals surface area contributed by atoms with Crippen LogP contribution in [0.3, 0.4) is 0 Å². The van der Waals surface area contributed by atoms with Gasteiger partial charge in [-0.2, -0.15) is 0 Å². The number of carbonyl (C=O) groups is 1. The highest BCUT2D eigenvalue weighted by Gasteiger charge is 2.22. The normalized spacial score (nSPS) is 22.9. The number of rotatable bonds is 5. The van der Waals surface area contributed by atoms with Crippen LogP contribution in [-0.2, 0) is 19.4 Å². The molecule has 0 aromatic rings. The molecule has 6 nitrogen and oxygen atoms in total. The molecule has 0 bridgehead atoms. The second-order valence-corrected chi connectivity index (χ2v) is 5.10. The Morgan fingerprint density at radius 2 is 2.33 bits per heavy atom. The molecular weight excluding hydrogens is 220 g/mol. The predicted octanol–water partition coefficient (Wildman–Crippen LogP) is -1.61. The minimum absolute atomic E-state index is 0.0738. The van der Waals surface area contributed by atoms with E-state index < -0.39 is 15.9 Å². The van der Waals surface area contributed by atoms with E-state index in [1.165, 1.54) is 6.08 Å². The molecule has 0 spiro atoms. The minimum Gasteiger partial charge on any atom is -0.370 e. The quantitative estimate of drug-likeness (QED) is 0.558. The Morgan fingerprint density at radius 1 is 1.60 bits per heavy atom. The van der Waals surface area contributed by atoms with Crippen molar-refractivity contribution in [1.82, 2.24) is 5.32 Å². The van der Waals surface area contributed by atoms with Gasteiger partial charge in [-0.3, -0.25) is 4.79 Å². The van der Waals surface area contributed by atoms with Crippen molar-refractivity contribution in [3.63, 3.8) is 0 Å². The standard InChI is InChI=1S/C8H14N2O4S/c9-2-3-14-5-8(11)10-7-1-4-15(12,13)6-7/h1,4,7H,2-3,5-6,9H2,(H,10,11). The SMILES string of the molecule is NCCOCC(=O)NC1C=CS(=O)(=O)C1. The number of nitrogens with two attached hydrogens (primary N) is 1. The number of amides is 1. The molecule has 1 amide bonds. The van der Waals surface area contributed by atoms with Crippen LogP contribution in [0.2, 0.25) is 0 Å². The van der Waals surface area contributed by atoms with Crippen LogP contribution in [0.25, 0.3) is 0 Å². The number of nitrogens with one attached hydrogen (secondary N) is 1. The van der Waals surface area contributed by atoms with Crippen molar-refractivity contribution in [2.24, 2.45) is 5.73 Å². The number of carbonyl (C=O) groups excluding carboxylic acids is 1. The summed E-state index contributed by atoms with van der Waals surface area (Å²) in [4.78, 5) is 11.2. The summed E-state index contributed by atoms with van der Waals surface area (Å²) in [7, 11) is -3.12. The average Bonchev–Trinajstić information content (AvgIpc) is 2.46. The van der Waals surface area contributed by atoms with Gasteiger partial charge in [-0.1, -0.05) is 0 Å². The summed E-state index contributed by atoms with van der Waals surface area (Å²) >= 11 is 0. The maximum atomic E-state index is 11.2. The Kier molecular flexibility index (Phi) is 4.25. The lowest BCUT2D eigenvalue weighted by atomic mass is 10.3. The first-order valence-corrected chi connectivity index (χ1v) is 6.23. The van der Waals surface area contributed by atoms with Crippen molar-refractivity contribution in [2.75, 3.05) is 25.5 Å². The fraction of sp³-hybridized carbons (Fsp3) is 0.625. The summed E-state index contributed by atoms with van der Waals surface area (Å²) < 4.78 is 26.9. The Bertz CT molecular complexity index is 350. The monoisotopic (exact) mass is 234 g/mol. The Balaban J connectivity index is 2.26. The maximum absolute atomic E-state index is 11.2. The van der Waals surface area contributed by atoms with Crippen molar-refractivity contribution < 1.29 is 17.9 Å². The third-order valence-electron chi connectivity index (χ3n) is 1.77. The third-order valence-corrected chi connectivity index (χ3v) is 3.17. The van der Waals surface area contributed by atoms with E-state index in [4.69, 9.17) is 10.5 Å². The molecule has 1 atom stereocenters. The molecule has 3 N–H and O–H groups in total. The smallest absolute Gasteiger partial charge is 0.246 e. The van der Waals surface area contributed by atoms with Crippen LogP contribution in [-0.4, -0.2) is 45.9 Å². The highest BCUT2D eigenvalue weighted by molar-refractivity contribution is 7.94. The molecule has 1 aliphatic rings. The Hall–Kier alpha value is -0.920. The molecule has 0 radical (unpaired) electrons. The molecule has 1 aliphatic heterocycles. The lowest BCUT2D eigenvalue weighted by molar-refractivity contribution is -0.125. The van der Waals surface area contributed by atoms with Gasteiger partial charge in [0.15, 0.2) is 9.84 Å². The zero-order valence-electron chi connectivity index (χ0n) is 8.18. The molecule has 86 valence electrons. The fourth-order valence-electron chi connectivity index (χ4n) is 1.16. The lowest BCUT2D eigenvalue weighted by Crippen LogP contribution is -2.38. The third kappa shape index (κ3) is 4.41. The molecule has 0 saturated heterocycles. The highest BCUT2D eigenvalue weighted by Crippen LogP contribution is 2.07. The molecule has 1 rings (SSSR count). The van der Waals surface area contributed by atoms with Crippen molar-refractivity contribution in [3.8, 4) is 0 Å². The number of sulfone groups is 1. The number of hydrogen-bond acceptors (Lipinski definition) is 5. The molecule has 0 aromatic heterocycles. The van der Waals surface area contributed by atoms with Crippen molar-refractivity contribution in [3.05, 3.63) is 11.5 Å². The van der Waals surface area contributed by atoms with Gasteiger partial charge < -0.3 is 15.8 Å². The maximum Gasteiger partial charge on any atom is 0.246 e. The second kappa shape index (κ2) is 5.24. The Labute approximate surface area is 88.4 Å². The van der Waals surface area contributed by atoms with E-state index in [1.54, 1.807) is 0 Å². The molecule has 0 saturated carbocycles. The Morgan fingerprint density at radius 3 is 2.87 bits per heavy atom. The molecule has 7 heteroatoms. The summed E-state index contributed by atoms with van der Waals surface area (Å²) in [6.07, 6.45) is 1.45. The minimum atomic E-state index is -3.12. The first-order valence-electron chi connectivity index (χ1n) is 4.51. The topological polar surface area (TPSA) is 98.5 Å². The largest absolute Gasteiger partial charge is 0.370 e. The van der Waals surface area contributed by atoms with E-state index in [0.29, 0.717) is 13.2 Å². The molecule has 0 fully saturated rings. The van der Waals surface area contributed by atoms with Gasteiger partial charge in [0.25, 0.3) is 0 Å². The van der Waals surface area contributed by atoms with E-state index in [9.17, 15) is 13.2 Å². The molecule has 15 heavy (non-hydrogen) atoms. The van der Waals surface area contributed by atoms with Gasteiger partial charge in [0.05, 0.1) is 18.4 Å². The van der Waals surface area contributed by atoms with Crippen LogP contribution in [0.4, 0.5) is 0 Å². The van der Waals surface area contributed by atoms with E-state index >= 15 is 0 Å². The van der Waals surface area contributed by atoms with Crippen LogP contribution in [0.15, 0.2) is 11.5 Å². The first kappa shape index (κ1) is 12.2. The zero-order valence-corrected chi connectivity index (χ0v) is 9.00. The van der Waals surface area contributed by atoms with Crippen molar-refractivity contribution in [1.29, 1.82) is 0 Å². The lowest BCUT2D eigenvalue weighted by Gasteiger charge is -2.09. The van der Waals surface area contributed by atoms with E-state index in [-0.39, 0.29) is 18.3 Å². The van der Waals surface area contributed by atoms with Gasteiger partial charge in [-0.05, 0) is 6.08 Å². The second-order valence-electron chi connectivity index (χ2n) is 3.17. The van der Waals surface area contributed by atoms with Crippen LogP contribution in [0.1, 0.15) is 0 Å². The van der Waals surface area contributed by atoms with E-state index in [1.807, 2.05) is 0 Å². The van der Waals surface area contributed by atoms with E-state index in [0.717, 1.165) is 5.41 Å². The van der Waals surface area contributed by atoms with Gasteiger partial charge in [-0.25, -0.2) is 8.42 Å². The fourth-order valence-corrected chi connectivity index (χ4v) is 2.40. The van der Waals surface area contributed by atoms with Crippen molar-refractivity contribution in [2.45, 2.75) is 6.04 Å². The first-order chi connectivity index (χ1) is 7.03. The van der Waals surface area contributed by atoms with Gasteiger partial charge in [-0.15, -0.1) is 0 Å². The molecule has 0 aliphatic carbocycles. The van der Waals surface area contributed by atoms with Gasteiger partial charge in [0.1, 0.15) is 6.61 Å². The van der Waals surface area contributed by atoms with Crippen molar-refractivity contribution >= 4 is 15.7 Å².